The number of pyridine rings is 1. The van der Waals surface area contributed by atoms with Crippen LogP contribution < -0.4 is 4.74 Å². The van der Waals surface area contributed by atoms with Crippen molar-refractivity contribution in [3.63, 3.8) is 0 Å². The molecule has 4 rings (SSSR count). The minimum absolute atomic E-state index is 0.0151. The molecule has 6 nitrogen and oxygen atoms in total. The lowest BCUT2D eigenvalue weighted by molar-refractivity contribution is -0.130. The van der Waals surface area contributed by atoms with E-state index < -0.39 is 0 Å². The van der Waals surface area contributed by atoms with Crippen LogP contribution >= 0.6 is 0 Å². The van der Waals surface area contributed by atoms with Crippen molar-refractivity contribution in [1.82, 2.24) is 14.8 Å². The molecule has 2 saturated heterocycles. The van der Waals surface area contributed by atoms with Gasteiger partial charge in [0.1, 0.15) is 5.75 Å². The van der Waals surface area contributed by atoms with Crippen LogP contribution in [0.3, 0.4) is 0 Å². The number of benzene rings is 1. The molecule has 2 fully saturated rings. The molecule has 0 aliphatic carbocycles. The van der Waals surface area contributed by atoms with E-state index in [-0.39, 0.29) is 29.7 Å². The fraction of sp³-hybridized carbons (Fsp3) is 0.409. The van der Waals surface area contributed by atoms with Gasteiger partial charge in [0.05, 0.1) is 12.7 Å². The summed E-state index contributed by atoms with van der Waals surface area (Å²) in [5.74, 6) is 1.38. The number of fused-ring (bicyclic) bond motifs is 1. The van der Waals surface area contributed by atoms with Gasteiger partial charge in [-0.25, -0.2) is 0 Å². The highest BCUT2D eigenvalue weighted by Crippen LogP contribution is 2.42. The van der Waals surface area contributed by atoms with Gasteiger partial charge in [0, 0.05) is 56.8 Å². The van der Waals surface area contributed by atoms with Gasteiger partial charge in [0.15, 0.2) is 0 Å². The summed E-state index contributed by atoms with van der Waals surface area (Å²) < 4.78 is 5.27. The summed E-state index contributed by atoms with van der Waals surface area (Å²) in [4.78, 5) is 33.1. The van der Waals surface area contributed by atoms with Gasteiger partial charge in [-0.2, -0.15) is 0 Å². The highest BCUT2D eigenvalue weighted by Gasteiger charge is 2.46. The molecule has 146 valence electrons. The van der Waals surface area contributed by atoms with Crippen LogP contribution in [0.4, 0.5) is 0 Å². The monoisotopic (exact) mass is 379 g/mol. The molecule has 3 atom stereocenters. The average Bonchev–Trinajstić information content (AvgIpc) is 3.13. The Labute approximate surface area is 165 Å². The molecule has 2 aromatic rings. The van der Waals surface area contributed by atoms with Gasteiger partial charge in [-0.1, -0.05) is 12.1 Å². The highest BCUT2D eigenvalue weighted by atomic mass is 16.5. The summed E-state index contributed by atoms with van der Waals surface area (Å²) in [6, 6.07) is 11.8. The Morgan fingerprint density at radius 3 is 2.57 bits per heavy atom. The van der Waals surface area contributed by atoms with Crippen molar-refractivity contribution in [2.75, 3.05) is 26.7 Å². The molecule has 28 heavy (non-hydrogen) atoms. The molecule has 0 radical (unpaired) electrons. The number of amides is 2. The van der Waals surface area contributed by atoms with Crippen LogP contribution in [0.1, 0.15) is 35.2 Å². The second-order valence-corrected chi connectivity index (χ2v) is 7.56. The summed E-state index contributed by atoms with van der Waals surface area (Å²) in [6.45, 7) is 3.65. The predicted octanol–water partition coefficient (Wildman–Crippen LogP) is 2.57. The first-order valence-electron chi connectivity index (χ1n) is 9.69. The molecule has 0 unspecified atom stereocenters. The van der Waals surface area contributed by atoms with E-state index in [0.29, 0.717) is 25.2 Å². The molecule has 2 aliphatic heterocycles. The van der Waals surface area contributed by atoms with Crippen molar-refractivity contribution in [3.8, 4) is 5.75 Å². The number of carbonyl (C=O) groups is 2. The van der Waals surface area contributed by atoms with Gasteiger partial charge in [-0.15, -0.1) is 0 Å². The Morgan fingerprint density at radius 1 is 1.14 bits per heavy atom. The predicted molar refractivity (Wildman–Crippen MR) is 105 cm³/mol. The number of nitrogens with zero attached hydrogens (tertiary/aromatic N) is 3. The summed E-state index contributed by atoms with van der Waals surface area (Å²) in [5.41, 5.74) is 1.80. The molecule has 2 aliphatic rings. The number of rotatable bonds is 3. The van der Waals surface area contributed by atoms with Crippen LogP contribution in [0.5, 0.6) is 5.75 Å². The van der Waals surface area contributed by atoms with Crippen molar-refractivity contribution in [1.29, 1.82) is 0 Å². The zero-order valence-corrected chi connectivity index (χ0v) is 16.2. The first-order valence-corrected chi connectivity index (χ1v) is 9.69. The Kier molecular flexibility index (Phi) is 5.03. The van der Waals surface area contributed by atoms with Gasteiger partial charge in [-0.05, 0) is 36.2 Å². The van der Waals surface area contributed by atoms with Crippen LogP contribution in [0.25, 0.3) is 0 Å². The van der Waals surface area contributed by atoms with Crippen molar-refractivity contribution >= 4 is 11.8 Å². The smallest absolute Gasteiger partial charge is 0.255 e. The summed E-state index contributed by atoms with van der Waals surface area (Å²) in [5, 5.41) is 0. The standard InChI is InChI=1S/C22H25N3O3/c1-15(26)25-14-19(16-5-7-18(28-2)8-6-16)20-13-24(11-9-21(20)25)22(27)17-4-3-10-23-12-17/h3-8,10,12,19-21H,9,11,13-14H2,1-2H3/t19-,20-,21-/m1/s1. The van der Waals surface area contributed by atoms with Gasteiger partial charge in [0.2, 0.25) is 5.91 Å². The maximum Gasteiger partial charge on any atom is 0.255 e. The fourth-order valence-electron chi connectivity index (χ4n) is 4.66. The second kappa shape index (κ2) is 7.62. The van der Waals surface area contributed by atoms with Crippen molar-refractivity contribution in [3.05, 3.63) is 59.9 Å². The number of piperidine rings is 1. The summed E-state index contributed by atoms with van der Waals surface area (Å²) >= 11 is 0. The third-order valence-corrected chi connectivity index (χ3v) is 6.07. The van der Waals surface area contributed by atoms with Crippen molar-refractivity contribution in [2.45, 2.75) is 25.3 Å². The number of aromatic nitrogens is 1. The van der Waals surface area contributed by atoms with E-state index >= 15 is 0 Å². The second-order valence-electron chi connectivity index (χ2n) is 7.56. The minimum Gasteiger partial charge on any atom is -0.497 e. The number of hydrogen-bond acceptors (Lipinski definition) is 4. The van der Waals surface area contributed by atoms with Crippen molar-refractivity contribution in [2.24, 2.45) is 5.92 Å². The van der Waals surface area contributed by atoms with Crippen LogP contribution in [0.2, 0.25) is 0 Å². The largest absolute Gasteiger partial charge is 0.497 e. The minimum atomic E-state index is 0.0151. The Hall–Kier alpha value is -2.89. The van der Waals surface area contributed by atoms with E-state index in [2.05, 4.69) is 17.1 Å². The Bertz CT molecular complexity index is 853. The van der Waals surface area contributed by atoms with Gasteiger partial charge in [0.25, 0.3) is 5.91 Å². The van der Waals surface area contributed by atoms with Gasteiger partial charge >= 0.3 is 0 Å². The average molecular weight is 379 g/mol. The number of hydrogen-bond donors (Lipinski definition) is 0. The fourth-order valence-corrected chi connectivity index (χ4v) is 4.66. The number of likely N-dealkylation sites (tertiary alicyclic amines) is 2. The van der Waals surface area contributed by atoms with Gasteiger partial charge < -0.3 is 14.5 Å². The number of carbonyl (C=O) groups excluding carboxylic acids is 2. The lowest BCUT2D eigenvalue weighted by Crippen LogP contribution is -2.49. The van der Waals surface area contributed by atoms with E-state index in [1.807, 2.05) is 21.9 Å². The zero-order chi connectivity index (χ0) is 19.7. The molecule has 0 bridgehead atoms. The summed E-state index contributed by atoms with van der Waals surface area (Å²) in [7, 11) is 1.65. The maximum atomic E-state index is 12.9. The lowest BCUT2D eigenvalue weighted by atomic mass is 9.81. The Morgan fingerprint density at radius 2 is 1.93 bits per heavy atom. The number of ether oxygens (including phenoxy) is 1. The van der Waals surface area contributed by atoms with E-state index in [1.54, 1.807) is 38.6 Å². The van der Waals surface area contributed by atoms with E-state index in [4.69, 9.17) is 4.74 Å². The molecular weight excluding hydrogens is 354 g/mol. The third kappa shape index (κ3) is 3.35. The molecule has 1 aromatic heterocycles. The molecular formula is C22H25N3O3. The molecule has 0 saturated carbocycles. The quantitative estimate of drug-likeness (QED) is 0.822. The highest BCUT2D eigenvalue weighted by molar-refractivity contribution is 5.94. The molecule has 0 N–H and O–H groups in total. The van der Waals surface area contributed by atoms with Crippen molar-refractivity contribution < 1.29 is 14.3 Å². The topological polar surface area (TPSA) is 62.7 Å². The molecule has 1 aromatic carbocycles. The first-order chi connectivity index (χ1) is 13.6. The van der Waals surface area contributed by atoms with Gasteiger partial charge in [-0.3, -0.25) is 14.6 Å². The number of methoxy groups -OCH3 is 1. The molecule has 6 heteroatoms. The van der Waals surface area contributed by atoms with Crippen LogP contribution in [0, 0.1) is 5.92 Å². The normalized spacial score (nSPS) is 24.0. The molecule has 0 spiro atoms. The lowest BCUT2D eigenvalue weighted by Gasteiger charge is -2.38. The molecule has 3 heterocycles. The zero-order valence-electron chi connectivity index (χ0n) is 16.2. The van der Waals surface area contributed by atoms with E-state index in [1.165, 1.54) is 5.56 Å². The van der Waals surface area contributed by atoms with E-state index in [9.17, 15) is 9.59 Å². The molecule has 2 amide bonds. The maximum absolute atomic E-state index is 12.9. The summed E-state index contributed by atoms with van der Waals surface area (Å²) in [6.07, 6.45) is 4.10. The van der Waals surface area contributed by atoms with Crippen LogP contribution in [-0.2, 0) is 4.79 Å². The SMILES string of the molecule is COc1ccc([C@H]2CN(C(C)=O)[C@@H]3CCN(C(=O)c4cccnc4)C[C@H]23)cc1. The van der Waals surface area contributed by atoms with Crippen LogP contribution in [-0.4, -0.2) is 59.4 Å². The first kappa shape index (κ1) is 18.5. The van der Waals surface area contributed by atoms with Crippen LogP contribution in [0.15, 0.2) is 48.8 Å². The third-order valence-electron chi connectivity index (χ3n) is 6.07. The van der Waals surface area contributed by atoms with E-state index in [0.717, 1.165) is 12.2 Å². The Balaban J connectivity index is 1.59.